The number of carbonyl (C=O) groups is 1. The van der Waals surface area contributed by atoms with E-state index in [2.05, 4.69) is 10.2 Å². The molecule has 1 aliphatic rings. The molecule has 0 radical (unpaired) electrons. The third-order valence-corrected chi connectivity index (χ3v) is 3.90. The number of hydrogen-bond donors (Lipinski definition) is 2. The van der Waals surface area contributed by atoms with Gasteiger partial charge in [0.2, 0.25) is 5.91 Å². The first-order valence-electron chi connectivity index (χ1n) is 6.91. The molecule has 0 atom stereocenters. The van der Waals surface area contributed by atoms with Crippen molar-refractivity contribution in [3.05, 3.63) is 22.2 Å². The van der Waals surface area contributed by atoms with Crippen LogP contribution in [0.5, 0.6) is 0 Å². The molecular weight excluding hydrogens is 313 g/mol. The molecular formula is C14H19Cl2N3O2. The van der Waals surface area contributed by atoms with Gasteiger partial charge in [-0.1, -0.05) is 23.2 Å². The summed E-state index contributed by atoms with van der Waals surface area (Å²) >= 11 is 12.1. The van der Waals surface area contributed by atoms with Crippen LogP contribution in [-0.2, 0) is 9.53 Å². The number of anilines is 2. The molecule has 1 aromatic rings. The lowest BCUT2D eigenvalue weighted by Crippen LogP contribution is -2.30. The highest BCUT2D eigenvalue weighted by atomic mass is 35.5. The van der Waals surface area contributed by atoms with Gasteiger partial charge in [-0.3, -0.25) is 4.79 Å². The smallest absolute Gasteiger partial charge is 0.225 e. The number of rotatable bonds is 4. The molecule has 1 fully saturated rings. The molecule has 21 heavy (non-hydrogen) atoms. The molecule has 0 aliphatic carbocycles. The molecule has 1 amide bonds. The van der Waals surface area contributed by atoms with Crippen molar-refractivity contribution in [1.82, 2.24) is 4.90 Å². The normalized spacial score (nSPS) is 16.5. The summed E-state index contributed by atoms with van der Waals surface area (Å²) in [4.78, 5) is 14.2. The lowest BCUT2D eigenvalue weighted by atomic mass is 10.2. The number of benzene rings is 1. The lowest BCUT2D eigenvalue weighted by Gasteiger charge is -2.18. The fourth-order valence-electron chi connectivity index (χ4n) is 2.20. The van der Waals surface area contributed by atoms with Crippen LogP contribution in [0, 0.1) is 0 Å². The number of hydrogen-bond acceptors (Lipinski definition) is 4. The van der Waals surface area contributed by atoms with Crippen LogP contribution in [0.3, 0.4) is 0 Å². The summed E-state index contributed by atoms with van der Waals surface area (Å²) in [6, 6.07) is 3.13. The van der Waals surface area contributed by atoms with Crippen LogP contribution in [0.1, 0.15) is 12.8 Å². The zero-order valence-electron chi connectivity index (χ0n) is 11.7. The van der Waals surface area contributed by atoms with Gasteiger partial charge in [0.1, 0.15) is 0 Å². The van der Waals surface area contributed by atoms with Crippen LogP contribution in [0.25, 0.3) is 0 Å². The average molecular weight is 332 g/mol. The quantitative estimate of drug-likeness (QED) is 0.832. The number of amides is 1. The molecule has 0 aromatic heterocycles. The monoisotopic (exact) mass is 331 g/mol. The first kappa shape index (κ1) is 16.4. The van der Waals surface area contributed by atoms with Gasteiger partial charge in [-0.2, -0.15) is 0 Å². The SMILES string of the molecule is Nc1cc(Cl)c(NC(=O)CCN2CCCOCC2)c(Cl)c1. The zero-order chi connectivity index (χ0) is 15.2. The Morgan fingerprint density at radius 2 is 2.00 bits per heavy atom. The van der Waals surface area contributed by atoms with Crippen LogP contribution >= 0.6 is 23.2 Å². The number of nitrogens with zero attached hydrogens (tertiary/aromatic N) is 1. The molecule has 0 unspecified atom stereocenters. The van der Waals surface area contributed by atoms with Crippen molar-refractivity contribution in [2.45, 2.75) is 12.8 Å². The van der Waals surface area contributed by atoms with Crippen LogP contribution in [0.4, 0.5) is 11.4 Å². The van der Waals surface area contributed by atoms with Crippen molar-refractivity contribution >= 4 is 40.5 Å². The summed E-state index contributed by atoms with van der Waals surface area (Å²) in [6.07, 6.45) is 1.38. The maximum absolute atomic E-state index is 12.0. The van der Waals surface area contributed by atoms with E-state index in [1.807, 2.05) is 0 Å². The highest BCUT2D eigenvalue weighted by molar-refractivity contribution is 6.40. The maximum Gasteiger partial charge on any atom is 0.225 e. The van der Waals surface area contributed by atoms with Crippen LogP contribution < -0.4 is 11.1 Å². The molecule has 1 aliphatic heterocycles. The van der Waals surface area contributed by atoms with Crippen molar-refractivity contribution in [1.29, 1.82) is 0 Å². The summed E-state index contributed by atoms with van der Waals surface area (Å²) in [5.41, 5.74) is 6.51. The highest BCUT2D eigenvalue weighted by Crippen LogP contribution is 2.32. The first-order valence-corrected chi connectivity index (χ1v) is 7.66. The third kappa shape index (κ3) is 5.04. The number of nitrogens with one attached hydrogen (secondary N) is 1. The van der Waals surface area contributed by atoms with E-state index in [-0.39, 0.29) is 5.91 Å². The van der Waals surface area contributed by atoms with Crippen molar-refractivity contribution in [2.75, 3.05) is 43.9 Å². The topological polar surface area (TPSA) is 67.6 Å². The highest BCUT2D eigenvalue weighted by Gasteiger charge is 2.14. The van der Waals surface area contributed by atoms with Gasteiger partial charge < -0.3 is 20.7 Å². The Morgan fingerprint density at radius 3 is 2.71 bits per heavy atom. The summed E-state index contributed by atoms with van der Waals surface area (Å²) in [7, 11) is 0. The molecule has 1 saturated heterocycles. The Hall–Kier alpha value is -1.01. The van der Waals surface area contributed by atoms with E-state index in [0.717, 1.165) is 32.7 Å². The first-order chi connectivity index (χ1) is 10.1. The van der Waals surface area contributed by atoms with Crippen molar-refractivity contribution < 1.29 is 9.53 Å². The average Bonchev–Trinajstić information content (AvgIpc) is 2.69. The van der Waals surface area contributed by atoms with Crippen molar-refractivity contribution in [3.8, 4) is 0 Å². The number of ether oxygens (including phenoxy) is 1. The van der Waals surface area contributed by atoms with E-state index in [9.17, 15) is 4.79 Å². The van der Waals surface area contributed by atoms with E-state index in [4.69, 9.17) is 33.7 Å². The largest absolute Gasteiger partial charge is 0.399 e. The van der Waals surface area contributed by atoms with Crippen LogP contribution in [0.15, 0.2) is 12.1 Å². The Kier molecular flexibility index (Phi) is 6.11. The van der Waals surface area contributed by atoms with Crippen molar-refractivity contribution in [2.24, 2.45) is 0 Å². The number of nitrogen functional groups attached to an aromatic ring is 1. The van der Waals surface area contributed by atoms with Gasteiger partial charge in [-0.15, -0.1) is 0 Å². The van der Waals surface area contributed by atoms with E-state index >= 15 is 0 Å². The van der Waals surface area contributed by atoms with Crippen molar-refractivity contribution in [3.63, 3.8) is 0 Å². The Morgan fingerprint density at radius 1 is 1.29 bits per heavy atom. The molecule has 3 N–H and O–H groups in total. The molecule has 0 saturated carbocycles. The minimum absolute atomic E-state index is 0.117. The summed E-state index contributed by atoms with van der Waals surface area (Å²) in [5, 5.41) is 3.43. The molecule has 1 heterocycles. The number of carbonyl (C=O) groups excluding carboxylic acids is 1. The fourth-order valence-corrected chi connectivity index (χ4v) is 2.79. The lowest BCUT2D eigenvalue weighted by molar-refractivity contribution is -0.116. The molecule has 116 valence electrons. The van der Waals surface area contributed by atoms with Gasteiger partial charge in [0, 0.05) is 38.3 Å². The van der Waals surface area contributed by atoms with Gasteiger partial charge >= 0.3 is 0 Å². The Balaban J connectivity index is 1.87. The second-order valence-electron chi connectivity index (χ2n) is 4.97. The summed E-state index contributed by atoms with van der Waals surface area (Å²) in [5.74, 6) is -0.117. The second-order valence-corrected chi connectivity index (χ2v) is 5.78. The van der Waals surface area contributed by atoms with E-state index in [1.165, 1.54) is 0 Å². The standard InChI is InChI=1S/C14H19Cl2N3O2/c15-11-8-10(17)9-12(16)14(11)18-13(20)2-4-19-3-1-6-21-7-5-19/h8-9H,1-7,17H2,(H,18,20). The molecule has 5 nitrogen and oxygen atoms in total. The Bertz CT molecular complexity index is 480. The predicted octanol–water partition coefficient (Wildman–Crippen LogP) is 2.63. The van der Waals surface area contributed by atoms with E-state index in [0.29, 0.717) is 34.4 Å². The van der Waals surface area contributed by atoms with Gasteiger partial charge in [-0.25, -0.2) is 0 Å². The third-order valence-electron chi connectivity index (χ3n) is 3.30. The zero-order valence-corrected chi connectivity index (χ0v) is 13.2. The van der Waals surface area contributed by atoms with Gasteiger partial charge in [0.15, 0.2) is 0 Å². The molecule has 0 bridgehead atoms. The molecule has 2 rings (SSSR count). The van der Waals surface area contributed by atoms with Gasteiger partial charge in [0.05, 0.1) is 22.3 Å². The van der Waals surface area contributed by atoms with E-state index < -0.39 is 0 Å². The second kappa shape index (κ2) is 7.84. The minimum Gasteiger partial charge on any atom is -0.399 e. The summed E-state index contributed by atoms with van der Waals surface area (Å²) < 4.78 is 5.38. The minimum atomic E-state index is -0.117. The van der Waals surface area contributed by atoms with Gasteiger partial charge in [0.25, 0.3) is 0 Å². The number of nitrogens with two attached hydrogens (primary N) is 1. The predicted molar refractivity (Wildman–Crippen MR) is 86.0 cm³/mol. The fraction of sp³-hybridized carbons (Fsp3) is 0.500. The number of halogens is 2. The maximum atomic E-state index is 12.0. The Labute approximate surface area is 134 Å². The van der Waals surface area contributed by atoms with Crippen LogP contribution in [-0.4, -0.2) is 43.7 Å². The van der Waals surface area contributed by atoms with E-state index in [1.54, 1.807) is 12.1 Å². The molecule has 0 spiro atoms. The van der Waals surface area contributed by atoms with Gasteiger partial charge in [-0.05, 0) is 18.6 Å². The van der Waals surface area contributed by atoms with Crippen LogP contribution in [0.2, 0.25) is 10.0 Å². The molecule has 1 aromatic carbocycles. The summed E-state index contributed by atoms with van der Waals surface area (Å²) in [6.45, 7) is 4.02. The molecule has 7 heteroatoms.